The van der Waals surface area contributed by atoms with Gasteiger partial charge in [-0.2, -0.15) is 5.26 Å². The molecular formula is C15H14N2O2. The molecule has 0 radical (unpaired) electrons. The van der Waals surface area contributed by atoms with Crippen molar-refractivity contribution < 1.29 is 9.47 Å². The molecule has 0 fully saturated rings. The van der Waals surface area contributed by atoms with Crippen LogP contribution in [0.15, 0.2) is 36.5 Å². The molecule has 0 atom stereocenters. The molecule has 0 spiro atoms. The maximum atomic E-state index is 8.72. The lowest BCUT2D eigenvalue weighted by Gasteiger charge is -2.09. The molecule has 4 nitrogen and oxygen atoms in total. The van der Waals surface area contributed by atoms with E-state index in [2.05, 4.69) is 11.1 Å². The van der Waals surface area contributed by atoms with Crippen LogP contribution in [0.2, 0.25) is 0 Å². The van der Waals surface area contributed by atoms with Crippen molar-refractivity contribution in [3.8, 4) is 28.8 Å². The molecule has 1 heterocycles. The number of ether oxygens (including phenoxy) is 2. The molecular weight excluding hydrogens is 240 g/mol. The minimum Gasteiger partial charge on any atom is -0.493 e. The summed E-state index contributed by atoms with van der Waals surface area (Å²) in [7, 11) is 3.20. The topological polar surface area (TPSA) is 55.1 Å². The predicted molar refractivity (Wildman–Crippen MR) is 72.1 cm³/mol. The standard InChI is InChI=1S/C15H14N2O2/c1-18-14-4-3-12(10-15(14)19-2)13-9-11(5-7-16)6-8-17-13/h3-4,6,8-10H,5H2,1-2H3. The van der Waals surface area contributed by atoms with Gasteiger partial charge in [0.05, 0.1) is 32.4 Å². The Morgan fingerprint density at radius 2 is 1.89 bits per heavy atom. The highest BCUT2D eigenvalue weighted by molar-refractivity contribution is 5.64. The molecule has 0 aliphatic rings. The molecule has 0 aliphatic carbocycles. The Morgan fingerprint density at radius 1 is 1.11 bits per heavy atom. The third kappa shape index (κ3) is 2.83. The lowest BCUT2D eigenvalue weighted by atomic mass is 10.1. The van der Waals surface area contributed by atoms with Crippen molar-refractivity contribution in [1.82, 2.24) is 4.98 Å². The van der Waals surface area contributed by atoms with Crippen LogP contribution in [0.25, 0.3) is 11.3 Å². The van der Waals surface area contributed by atoms with Crippen molar-refractivity contribution in [1.29, 1.82) is 5.26 Å². The van der Waals surface area contributed by atoms with E-state index in [0.29, 0.717) is 17.9 Å². The smallest absolute Gasteiger partial charge is 0.161 e. The summed E-state index contributed by atoms with van der Waals surface area (Å²) in [4.78, 5) is 4.32. The van der Waals surface area contributed by atoms with Crippen LogP contribution in [0.4, 0.5) is 0 Å². The first-order chi connectivity index (χ1) is 9.28. The first-order valence-corrected chi connectivity index (χ1v) is 5.82. The minimum absolute atomic E-state index is 0.378. The first kappa shape index (κ1) is 12.9. The van der Waals surface area contributed by atoms with E-state index in [0.717, 1.165) is 16.8 Å². The van der Waals surface area contributed by atoms with Crippen LogP contribution >= 0.6 is 0 Å². The average molecular weight is 254 g/mol. The number of hydrogen-bond acceptors (Lipinski definition) is 4. The number of rotatable bonds is 4. The van der Waals surface area contributed by atoms with E-state index in [1.165, 1.54) is 0 Å². The van der Waals surface area contributed by atoms with E-state index in [1.54, 1.807) is 20.4 Å². The zero-order valence-electron chi connectivity index (χ0n) is 10.9. The summed E-state index contributed by atoms with van der Waals surface area (Å²) < 4.78 is 10.5. The van der Waals surface area contributed by atoms with E-state index in [4.69, 9.17) is 14.7 Å². The van der Waals surface area contributed by atoms with Crippen molar-refractivity contribution in [3.63, 3.8) is 0 Å². The average Bonchev–Trinajstić information content (AvgIpc) is 2.47. The molecule has 2 aromatic rings. The van der Waals surface area contributed by atoms with Crippen LogP contribution in [0.5, 0.6) is 11.5 Å². The normalized spacial score (nSPS) is 9.74. The van der Waals surface area contributed by atoms with E-state index < -0.39 is 0 Å². The highest BCUT2D eigenvalue weighted by atomic mass is 16.5. The van der Waals surface area contributed by atoms with Gasteiger partial charge in [-0.15, -0.1) is 0 Å². The fraction of sp³-hybridized carbons (Fsp3) is 0.200. The zero-order valence-corrected chi connectivity index (χ0v) is 10.9. The summed E-state index contributed by atoms with van der Waals surface area (Å²) in [5, 5.41) is 8.72. The molecule has 2 rings (SSSR count). The van der Waals surface area contributed by atoms with Gasteiger partial charge in [0.2, 0.25) is 0 Å². The van der Waals surface area contributed by atoms with Gasteiger partial charge in [0.1, 0.15) is 0 Å². The molecule has 0 bridgehead atoms. The van der Waals surface area contributed by atoms with Crippen LogP contribution in [0.3, 0.4) is 0 Å². The van der Waals surface area contributed by atoms with Gasteiger partial charge in [-0.25, -0.2) is 0 Å². The van der Waals surface area contributed by atoms with Crippen LogP contribution in [0.1, 0.15) is 5.56 Å². The minimum atomic E-state index is 0.378. The fourth-order valence-electron chi connectivity index (χ4n) is 1.83. The quantitative estimate of drug-likeness (QED) is 0.841. The van der Waals surface area contributed by atoms with Gasteiger partial charge in [0.15, 0.2) is 11.5 Å². The Labute approximate surface area is 112 Å². The predicted octanol–water partition coefficient (Wildman–Crippen LogP) is 2.83. The molecule has 0 saturated carbocycles. The number of hydrogen-bond donors (Lipinski definition) is 0. The maximum absolute atomic E-state index is 8.72. The molecule has 1 aromatic carbocycles. The lowest BCUT2D eigenvalue weighted by Crippen LogP contribution is -1.92. The molecule has 19 heavy (non-hydrogen) atoms. The molecule has 0 aliphatic heterocycles. The summed E-state index contributed by atoms with van der Waals surface area (Å²) in [6.45, 7) is 0. The number of methoxy groups -OCH3 is 2. The first-order valence-electron chi connectivity index (χ1n) is 5.82. The Kier molecular flexibility index (Phi) is 3.99. The highest BCUT2D eigenvalue weighted by Gasteiger charge is 2.07. The van der Waals surface area contributed by atoms with Crippen molar-refractivity contribution in [2.24, 2.45) is 0 Å². The second-order valence-corrected chi connectivity index (χ2v) is 3.95. The number of benzene rings is 1. The Balaban J connectivity index is 2.41. The van der Waals surface area contributed by atoms with Gasteiger partial charge < -0.3 is 9.47 Å². The van der Waals surface area contributed by atoms with Crippen molar-refractivity contribution in [2.45, 2.75) is 6.42 Å². The number of nitriles is 1. The Bertz CT molecular complexity index is 618. The monoisotopic (exact) mass is 254 g/mol. The largest absolute Gasteiger partial charge is 0.493 e. The van der Waals surface area contributed by atoms with Gasteiger partial charge in [0.25, 0.3) is 0 Å². The van der Waals surface area contributed by atoms with E-state index in [9.17, 15) is 0 Å². The maximum Gasteiger partial charge on any atom is 0.161 e. The van der Waals surface area contributed by atoms with Crippen LogP contribution in [-0.2, 0) is 6.42 Å². The Hall–Kier alpha value is -2.54. The molecule has 0 saturated heterocycles. The Morgan fingerprint density at radius 3 is 2.58 bits per heavy atom. The van der Waals surface area contributed by atoms with Crippen molar-refractivity contribution in [3.05, 3.63) is 42.1 Å². The second-order valence-electron chi connectivity index (χ2n) is 3.95. The van der Waals surface area contributed by atoms with E-state index in [-0.39, 0.29) is 0 Å². The summed E-state index contributed by atoms with van der Waals surface area (Å²) in [5.74, 6) is 1.34. The molecule has 0 unspecified atom stereocenters. The molecule has 0 amide bonds. The van der Waals surface area contributed by atoms with E-state index >= 15 is 0 Å². The van der Waals surface area contributed by atoms with Crippen molar-refractivity contribution >= 4 is 0 Å². The summed E-state index contributed by atoms with van der Waals surface area (Å²) >= 11 is 0. The van der Waals surface area contributed by atoms with E-state index in [1.807, 2.05) is 30.3 Å². The molecule has 96 valence electrons. The zero-order chi connectivity index (χ0) is 13.7. The van der Waals surface area contributed by atoms with Gasteiger partial charge >= 0.3 is 0 Å². The number of nitrogens with zero attached hydrogens (tertiary/aromatic N) is 2. The second kappa shape index (κ2) is 5.87. The van der Waals surface area contributed by atoms with Crippen molar-refractivity contribution in [2.75, 3.05) is 14.2 Å². The lowest BCUT2D eigenvalue weighted by molar-refractivity contribution is 0.355. The summed E-state index contributed by atoms with van der Waals surface area (Å²) in [6.07, 6.45) is 2.08. The third-order valence-corrected chi connectivity index (χ3v) is 2.79. The van der Waals surface area contributed by atoms with Gasteiger partial charge in [-0.3, -0.25) is 4.98 Å². The number of pyridine rings is 1. The molecule has 4 heteroatoms. The van der Waals surface area contributed by atoms with Crippen LogP contribution in [-0.4, -0.2) is 19.2 Å². The van der Waals surface area contributed by atoms with Gasteiger partial charge in [0, 0.05) is 11.8 Å². The number of aromatic nitrogens is 1. The van der Waals surface area contributed by atoms with Crippen LogP contribution in [0, 0.1) is 11.3 Å². The SMILES string of the molecule is COc1ccc(-c2cc(CC#N)ccn2)cc1OC. The summed E-state index contributed by atoms with van der Waals surface area (Å²) in [5.41, 5.74) is 2.69. The molecule has 0 N–H and O–H groups in total. The summed E-state index contributed by atoms with van der Waals surface area (Å²) in [6, 6.07) is 11.5. The molecule has 1 aromatic heterocycles. The third-order valence-electron chi connectivity index (χ3n) is 2.79. The van der Waals surface area contributed by atoms with Gasteiger partial charge in [-0.1, -0.05) is 0 Å². The fourth-order valence-corrected chi connectivity index (χ4v) is 1.83. The highest BCUT2D eigenvalue weighted by Crippen LogP contribution is 2.31. The van der Waals surface area contributed by atoms with Gasteiger partial charge in [-0.05, 0) is 35.9 Å². The van der Waals surface area contributed by atoms with Crippen LogP contribution < -0.4 is 9.47 Å².